The lowest BCUT2D eigenvalue weighted by molar-refractivity contribution is -0.0810. The van der Waals surface area contributed by atoms with Gasteiger partial charge in [0.1, 0.15) is 0 Å². The maximum Gasteiger partial charge on any atom is 0.0789 e. The van der Waals surface area contributed by atoms with Gasteiger partial charge >= 0.3 is 0 Å². The van der Waals surface area contributed by atoms with Gasteiger partial charge in [0.05, 0.1) is 11.2 Å². The molecule has 118 valence electrons. The number of ether oxygens (including phenoxy) is 1. The Hall–Kier alpha value is -0.120. The van der Waals surface area contributed by atoms with E-state index in [1.165, 1.54) is 45.3 Å². The highest BCUT2D eigenvalue weighted by Crippen LogP contribution is 2.40. The number of hydrogen-bond donors (Lipinski definition) is 1. The summed E-state index contributed by atoms with van der Waals surface area (Å²) in [7, 11) is 0. The van der Waals surface area contributed by atoms with Crippen molar-refractivity contribution >= 4 is 0 Å². The van der Waals surface area contributed by atoms with Crippen molar-refractivity contribution in [3.63, 3.8) is 0 Å². The number of nitrogens with one attached hydrogen (secondary N) is 1. The molecule has 0 aromatic heterocycles. The fourth-order valence-electron chi connectivity index (χ4n) is 4.03. The fourth-order valence-corrected chi connectivity index (χ4v) is 4.03. The molecule has 0 aromatic carbocycles. The second kappa shape index (κ2) is 6.33. The molecule has 0 amide bonds. The summed E-state index contributed by atoms with van der Waals surface area (Å²) >= 11 is 0. The predicted octanol–water partition coefficient (Wildman–Crippen LogP) is 3.19. The first-order chi connectivity index (χ1) is 9.34. The van der Waals surface area contributed by atoms with E-state index >= 15 is 0 Å². The molecule has 0 radical (unpaired) electrons. The van der Waals surface area contributed by atoms with Gasteiger partial charge in [0.15, 0.2) is 0 Å². The van der Waals surface area contributed by atoms with Crippen molar-refractivity contribution in [3.8, 4) is 0 Å². The summed E-state index contributed by atoms with van der Waals surface area (Å²) in [5, 5.41) is 3.65. The van der Waals surface area contributed by atoms with E-state index in [0.717, 1.165) is 6.42 Å². The Balaban J connectivity index is 2.04. The summed E-state index contributed by atoms with van der Waals surface area (Å²) in [6.45, 7) is 14.9. The van der Waals surface area contributed by atoms with Crippen LogP contribution in [0.5, 0.6) is 0 Å². The Kier molecular flexibility index (Phi) is 5.14. The lowest BCUT2D eigenvalue weighted by Crippen LogP contribution is -2.50. The summed E-state index contributed by atoms with van der Waals surface area (Å²) in [6, 6.07) is 1.23. The van der Waals surface area contributed by atoms with Gasteiger partial charge in [0, 0.05) is 18.6 Å². The van der Waals surface area contributed by atoms with E-state index in [0.29, 0.717) is 12.1 Å². The quantitative estimate of drug-likeness (QED) is 0.810. The van der Waals surface area contributed by atoms with Gasteiger partial charge in [-0.1, -0.05) is 13.3 Å². The lowest BCUT2D eigenvalue weighted by Gasteiger charge is -2.37. The van der Waals surface area contributed by atoms with E-state index in [1.54, 1.807) is 0 Å². The molecule has 2 aliphatic heterocycles. The number of nitrogens with zero attached hydrogens (tertiary/aromatic N) is 1. The third-order valence-corrected chi connectivity index (χ3v) is 4.88. The SMILES string of the molecule is CCCCN(CC1CCCN1)C1CC(C)(C)OC1(C)C. The Morgan fingerprint density at radius 3 is 2.50 bits per heavy atom. The summed E-state index contributed by atoms with van der Waals surface area (Å²) in [5.41, 5.74) is -0.0163. The molecule has 20 heavy (non-hydrogen) atoms. The van der Waals surface area contributed by atoms with E-state index in [-0.39, 0.29) is 11.2 Å². The van der Waals surface area contributed by atoms with Crippen LogP contribution < -0.4 is 5.32 Å². The molecule has 0 aliphatic carbocycles. The zero-order valence-corrected chi connectivity index (χ0v) is 14.2. The Bertz CT molecular complexity index is 308. The number of hydrogen-bond acceptors (Lipinski definition) is 3. The molecule has 2 rings (SSSR count). The highest BCUT2D eigenvalue weighted by molar-refractivity contribution is 5.00. The van der Waals surface area contributed by atoms with Gasteiger partial charge in [0.2, 0.25) is 0 Å². The maximum atomic E-state index is 6.31. The van der Waals surface area contributed by atoms with Gasteiger partial charge < -0.3 is 10.1 Å². The molecule has 2 atom stereocenters. The first-order valence-corrected chi connectivity index (χ1v) is 8.52. The minimum atomic E-state index is -0.0319. The first kappa shape index (κ1) is 16.3. The molecule has 3 heteroatoms. The summed E-state index contributed by atoms with van der Waals surface area (Å²) in [4.78, 5) is 2.71. The van der Waals surface area contributed by atoms with Gasteiger partial charge in [-0.3, -0.25) is 4.90 Å². The van der Waals surface area contributed by atoms with Gasteiger partial charge in [0.25, 0.3) is 0 Å². The zero-order chi connectivity index (χ0) is 14.8. The average molecular weight is 282 g/mol. The van der Waals surface area contributed by atoms with Crippen LogP contribution in [0.2, 0.25) is 0 Å². The smallest absolute Gasteiger partial charge is 0.0789 e. The maximum absolute atomic E-state index is 6.31. The van der Waals surface area contributed by atoms with E-state index < -0.39 is 0 Å². The summed E-state index contributed by atoms with van der Waals surface area (Å²) in [6.07, 6.45) is 6.38. The normalized spacial score (nSPS) is 32.1. The van der Waals surface area contributed by atoms with Crippen LogP contribution in [0.4, 0.5) is 0 Å². The van der Waals surface area contributed by atoms with Crippen molar-refractivity contribution in [1.29, 1.82) is 0 Å². The standard InChI is InChI=1S/C17H34N2O/c1-6-7-11-19(13-14-9-8-10-18-14)15-12-16(2,3)20-17(15,4)5/h14-15,18H,6-13H2,1-5H3. The van der Waals surface area contributed by atoms with E-state index in [4.69, 9.17) is 4.74 Å². The molecule has 1 N–H and O–H groups in total. The Morgan fingerprint density at radius 1 is 1.25 bits per heavy atom. The predicted molar refractivity (Wildman–Crippen MR) is 85.2 cm³/mol. The number of unbranched alkanes of at least 4 members (excludes halogenated alkanes) is 1. The Morgan fingerprint density at radius 2 is 2.00 bits per heavy atom. The monoisotopic (exact) mass is 282 g/mol. The summed E-state index contributed by atoms with van der Waals surface area (Å²) in [5.74, 6) is 0. The first-order valence-electron chi connectivity index (χ1n) is 8.52. The minimum absolute atomic E-state index is 0.0156. The van der Waals surface area contributed by atoms with Gasteiger partial charge in [-0.25, -0.2) is 0 Å². The molecule has 2 fully saturated rings. The summed E-state index contributed by atoms with van der Waals surface area (Å²) < 4.78 is 6.31. The van der Waals surface area contributed by atoms with E-state index in [2.05, 4.69) is 44.8 Å². The van der Waals surface area contributed by atoms with Crippen LogP contribution >= 0.6 is 0 Å². The van der Waals surface area contributed by atoms with Crippen LogP contribution in [-0.4, -0.2) is 47.8 Å². The van der Waals surface area contributed by atoms with Crippen LogP contribution in [0, 0.1) is 0 Å². The molecule has 2 unspecified atom stereocenters. The van der Waals surface area contributed by atoms with Crippen molar-refractivity contribution < 1.29 is 4.74 Å². The minimum Gasteiger partial charge on any atom is -0.368 e. The highest BCUT2D eigenvalue weighted by Gasteiger charge is 2.48. The van der Waals surface area contributed by atoms with Crippen LogP contribution in [0.1, 0.15) is 66.7 Å². The van der Waals surface area contributed by atoms with E-state index in [1.807, 2.05) is 0 Å². The van der Waals surface area contributed by atoms with Crippen LogP contribution in [-0.2, 0) is 4.74 Å². The van der Waals surface area contributed by atoms with E-state index in [9.17, 15) is 0 Å². The van der Waals surface area contributed by atoms with Crippen molar-refractivity contribution in [2.24, 2.45) is 0 Å². The topological polar surface area (TPSA) is 24.5 Å². The molecule has 2 saturated heterocycles. The molecule has 0 spiro atoms. The second-order valence-electron chi connectivity index (χ2n) is 7.83. The molecule has 0 aromatic rings. The third kappa shape index (κ3) is 3.96. The molecule has 0 saturated carbocycles. The van der Waals surface area contributed by atoms with Crippen molar-refractivity contribution in [3.05, 3.63) is 0 Å². The lowest BCUT2D eigenvalue weighted by atomic mass is 9.92. The van der Waals surface area contributed by atoms with Crippen molar-refractivity contribution in [2.45, 2.75) is 90.0 Å². The fraction of sp³-hybridized carbons (Fsp3) is 1.00. The van der Waals surface area contributed by atoms with Crippen LogP contribution in [0.15, 0.2) is 0 Å². The Labute approximate surface area is 125 Å². The zero-order valence-electron chi connectivity index (χ0n) is 14.2. The molecule has 2 aliphatic rings. The highest BCUT2D eigenvalue weighted by atomic mass is 16.5. The largest absolute Gasteiger partial charge is 0.368 e. The van der Waals surface area contributed by atoms with Gasteiger partial charge in [-0.05, 0) is 66.5 Å². The van der Waals surface area contributed by atoms with Crippen molar-refractivity contribution in [2.75, 3.05) is 19.6 Å². The van der Waals surface area contributed by atoms with Crippen molar-refractivity contribution in [1.82, 2.24) is 10.2 Å². The van der Waals surface area contributed by atoms with Gasteiger partial charge in [-0.15, -0.1) is 0 Å². The average Bonchev–Trinajstić information content (AvgIpc) is 2.89. The molecule has 0 bridgehead atoms. The van der Waals surface area contributed by atoms with Gasteiger partial charge in [-0.2, -0.15) is 0 Å². The molecular formula is C17H34N2O. The molecule has 3 nitrogen and oxygen atoms in total. The van der Waals surface area contributed by atoms with Crippen LogP contribution in [0.25, 0.3) is 0 Å². The second-order valence-corrected chi connectivity index (χ2v) is 7.83. The molecular weight excluding hydrogens is 248 g/mol. The van der Waals surface area contributed by atoms with Crippen LogP contribution in [0.3, 0.4) is 0 Å². The number of rotatable bonds is 6. The third-order valence-electron chi connectivity index (χ3n) is 4.88. The molecule has 2 heterocycles.